The van der Waals surface area contributed by atoms with E-state index in [1.165, 1.54) is 23.1 Å². The van der Waals surface area contributed by atoms with Crippen molar-refractivity contribution in [1.29, 1.82) is 0 Å². The number of urea groups is 1. The molecule has 0 aliphatic rings. The van der Waals surface area contributed by atoms with Gasteiger partial charge in [0, 0.05) is 6.07 Å². The van der Waals surface area contributed by atoms with Gasteiger partial charge in [0.15, 0.2) is 0 Å². The Balaban J connectivity index is 1.61. The summed E-state index contributed by atoms with van der Waals surface area (Å²) in [7, 11) is 0. The largest absolute Gasteiger partial charge is 0.326 e. The molecule has 0 radical (unpaired) electrons. The Labute approximate surface area is 140 Å². The summed E-state index contributed by atoms with van der Waals surface area (Å²) in [5, 5.41) is 8.55. The second-order valence-electron chi connectivity index (χ2n) is 5.10. The average Bonchev–Trinajstić information content (AvgIpc) is 2.97. The van der Waals surface area contributed by atoms with Crippen molar-refractivity contribution in [2.45, 2.75) is 6.54 Å². The molecule has 0 spiro atoms. The lowest BCUT2D eigenvalue weighted by atomic mass is 10.2. The van der Waals surface area contributed by atoms with Crippen molar-refractivity contribution in [2.24, 2.45) is 0 Å². The summed E-state index contributed by atoms with van der Waals surface area (Å²) >= 11 is 0. The van der Waals surface area contributed by atoms with Crippen LogP contribution in [0.2, 0.25) is 0 Å². The predicted octanol–water partition coefficient (Wildman–Crippen LogP) is 3.39. The van der Waals surface area contributed by atoms with Gasteiger partial charge in [-0.2, -0.15) is 0 Å². The van der Waals surface area contributed by atoms with E-state index in [-0.39, 0.29) is 24.0 Å². The maximum Gasteiger partial charge on any atom is 0.326 e. The second kappa shape index (κ2) is 7.04. The molecule has 0 fully saturated rings. The first kappa shape index (κ1) is 16.5. The van der Waals surface area contributed by atoms with Crippen LogP contribution in [-0.2, 0) is 6.54 Å². The monoisotopic (exact) mass is 347 g/mol. The van der Waals surface area contributed by atoms with E-state index < -0.39 is 17.7 Å². The molecule has 2 aromatic carbocycles. The number of nitrogens with one attached hydrogen (secondary N) is 2. The Morgan fingerprint density at radius 3 is 2.60 bits per heavy atom. The molecule has 9 heteroatoms. The summed E-state index contributed by atoms with van der Waals surface area (Å²) in [6, 6.07) is 7.98. The van der Waals surface area contributed by atoms with Crippen molar-refractivity contribution < 1.29 is 18.0 Å². The van der Waals surface area contributed by atoms with Gasteiger partial charge < -0.3 is 5.32 Å². The molecule has 128 valence electrons. The SMILES string of the molecule is O=C(Nc1ncn(Cc2cccc(F)c2)n1)Nc1ccc(F)cc1F. The highest BCUT2D eigenvalue weighted by atomic mass is 19.1. The Kier molecular flexibility index (Phi) is 4.64. The molecule has 3 rings (SSSR count). The van der Waals surface area contributed by atoms with Gasteiger partial charge in [0.25, 0.3) is 0 Å². The average molecular weight is 347 g/mol. The van der Waals surface area contributed by atoms with Crippen LogP contribution in [0.25, 0.3) is 0 Å². The van der Waals surface area contributed by atoms with Crippen LogP contribution in [-0.4, -0.2) is 20.8 Å². The molecule has 0 atom stereocenters. The molecule has 0 unspecified atom stereocenters. The number of rotatable bonds is 4. The Hall–Kier alpha value is -3.36. The zero-order valence-electron chi connectivity index (χ0n) is 12.7. The van der Waals surface area contributed by atoms with Gasteiger partial charge in [-0.15, -0.1) is 5.10 Å². The summed E-state index contributed by atoms with van der Waals surface area (Å²) in [5.41, 5.74) is 0.493. The van der Waals surface area contributed by atoms with E-state index in [9.17, 15) is 18.0 Å². The van der Waals surface area contributed by atoms with E-state index >= 15 is 0 Å². The fourth-order valence-electron chi connectivity index (χ4n) is 2.10. The lowest BCUT2D eigenvalue weighted by Gasteiger charge is -2.06. The maximum absolute atomic E-state index is 13.5. The molecule has 1 heterocycles. The van der Waals surface area contributed by atoms with Crippen LogP contribution >= 0.6 is 0 Å². The van der Waals surface area contributed by atoms with Crippen LogP contribution in [0.15, 0.2) is 48.8 Å². The van der Waals surface area contributed by atoms with E-state index in [0.717, 1.165) is 12.1 Å². The topological polar surface area (TPSA) is 71.8 Å². The zero-order valence-corrected chi connectivity index (χ0v) is 12.7. The third-order valence-corrected chi connectivity index (χ3v) is 3.17. The fraction of sp³-hybridized carbons (Fsp3) is 0.0625. The summed E-state index contributed by atoms with van der Waals surface area (Å²) in [6.07, 6.45) is 1.36. The molecule has 0 aliphatic carbocycles. The highest BCUT2D eigenvalue weighted by Gasteiger charge is 2.10. The van der Waals surface area contributed by atoms with E-state index in [1.807, 2.05) is 0 Å². The van der Waals surface area contributed by atoms with Crippen molar-refractivity contribution in [3.05, 3.63) is 71.8 Å². The van der Waals surface area contributed by atoms with Gasteiger partial charge in [-0.3, -0.25) is 5.32 Å². The van der Waals surface area contributed by atoms with Gasteiger partial charge in [-0.05, 0) is 29.8 Å². The first-order chi connectivity index (χ1) is 12.0. The fourth-order valence-corrected chi connectivity index (χ4v) is 2.10. The number of benzene rings is 2. The Morgan fingerprint density at radius 2 is 1.84 bits per heavy atom. The number of aromatic nitrogens is 3. The lowest BCUT2D eigenvalue weighted by molar-refractivity contribution is 0.262. The Morgan fingerprint density at radius 1 is 1.04 bits per heavy atom. The predicted molar refractivity (Wildman–Crippen MR) is 84.5 cm³/mol. The highest BCUT2D eigenvalue weighted by molar-refractivity contribution is 5.98. The molecule has 0 bridgehead atoms. The number of amides is 2. The van der Waals surface area contributed by atoms with E-state index in [1.54, 1.807) is 12.1 Å². The van der Waals surface area contributed by atoms with Gasteiger partial charge in [-0.1, -0.05) is 12.1 Å². The molecular weight excluding hydrogens is 335 g/mol. The molecule has 2 N–H and O–H groups in total. The molecule has 0 aliphatic heterocycles. The van der Waals surface area contributed by atoms with Crippen LogP contribution in [0.1, 0.15) is 5.56 Å². The smallest absolute Gasteiger partial charge is 0.305 e. The molecule has 25 heavy (non-hydrogen) atoms. The van der Waals surface area contributed by atoms with Crippen molar-refractivity contribution >= 4 is 17.7 Å². The zero-order chi connectivity index (χ0) is 17.8. The molecule has 3 aromatic rings. The van der Waals surface area contributed by atoms with Crippen molar-refractivity contribution in [3.8, 4) is 0 Å². The number of anilines is 2. The number of halogens is 3. The standard InChI is InChI=1S/C16H12F3N5O/c17-11-3-1-2-10(6-11)8-24-9-20-15(23-24)22-16(25)21-14-5-4-12(18)7-13(14)19/h1-7,9H,8H2,(H2,21,22,23,25). The second-order valence-corrected chi connectivity index (χ2v) is 5.10. The molecule has 0 saturated carbocycles. The van der Waals surface area contributed by atoms with Gasteiger partial charge in [0.2, 0.25) is 5.95 Å². The van der Waals surface area contributed by atoms with Crippen LogP contribution in [0.5, 0.6) is 0 Å². The number of nitrogens with zero attached hydrogens (tertiary/aromatic N) is 3. The first-order valence-corrected chi connectivity index (χ1v) is 7.16. The van der Waals surface area contributed by atoms with E-state index in [4.69, 9.17) is 0 Å². The molecule has 2 amide bonds. The number of carbonyl (C=O) groups is 1. The summed E-state index contributed by atoms with van der Waals surface area (Å²) in [5.74, 6) is -2.03. The minimum atomic E-state index is -0.903. The first-order valence-electron chi connectivity index (χ1n) is 7.16. The minimum Gasteiger partial charge on any atom is -0.305 e. The van der Waals surface area contributed by atoms with Crippen LogP contribution in [0.4, 0.5) is 29.6 Å². The van der Waals surface area contributed by atoms with Gasteiger partial charge in [-0.25, -0.2) is 27.6 Å². The molecule has 0 saturated heterocycles. The van der Waals surface area contributed by atoms with Crippen LogP contribution < -0.4 is 10.6 Å². The lowest BCUT2D eigenvalue weighted by Crippen LogP contribution is -2.21. The van der Waals surface area contributed by atoms with E-state index in [2.05, 4.69) is 20.7 Å². The van der Waals surface area contributed by atoms with Gasteiger partial charge >= 0.3 is 6.03 Å². The number of hydrogen-bond donors (Lipinski definition) is 2. The summed E-state index contributed by atoms with van der Waals surface area (Å²) in [4.78, 5) is 15.7. The Bertz CT molecular complexity index is 912. The van der Waals surface area contributed by atoms with Gasteiger partial charge in [0.05, 0.1) is 12.2 Å². The number of carbonyl (C=O) groups excluding carboxylic acids is 1. The molecular formula is C16H12F3N5O. The molecule has 6 nitrogen and oxygen atoms in total. The summed E-state index contributed by atoms with van der Waals surface area (Å²) in [6.45, 7) is 0.265. The van der Waals surface area contributed by atoms with Crippen molar-refractivity contribution in [3.63, 3.8) is 0 Å². The molecule has 1 aromatic heterocycles. The third-order valence-electron chi connectivity index (χ3n) is 3.17. The highest BCUT2D eigenvalue weighted by Crippen LogP contribution is 2.15. The normalized spacial score (nSPS) is 10.5. The van der Waals surface area contributed by atoms with E-state index in [0.29, 0.717) is 11.6 Å². The maximum atomic E-state index is 13.5. The van der Waals surface area contributed by atoms with Crippen LogP contribution in [0.3, 0.4) is 0 Å². The van der Waals surface area contributed by atoms with Crippen molar-refractivity contribution in [2.75, 3.05) is 10.6 Å². The third kappa shape index (κ3) is 4.34. The quantitative estimate of drug-likeness (QED) is 0.760. The van der Waals surface area contributed by atoms with Crippen LogP contribution in [0, 0.1) is 17.5 Å². The van der Waals surface area contributed by atoms with Gasteiger partial charge in [0.1, 0.15) is 23.8 Å². The minimum absolute atomic E-state index is 0.0172. The van der Waals surface area contributed by atoms with Crippen molar-refractivity contribution in [1.82, 2.24) is 14.8 Å². The summed E-state index contributed by atoms with van der Waals surface area (Å²) < 4.78 is 40.9. The number of hydrogen-bond acceptors (Lipinski definition) is 3.